The fourth-order valence-electron chi connectivity index (χ4n) is 3.48. The van der Waals surface area contributed by atoms with Gasteiger partial charge < -0.3 is 19.2 Å². The molecular weight excluding hydrogens is 286 g/mol. The number of rotatable bonds is 3. The van der Waals surface area contributed by atoms with Crippen molar-refractivity contribution >= 4 is 11.9 Å². The van der Waals surface area contributed by atoms with Crippen LogP contribution in [0.3, 0.4) is 0 Å². The Bertz CT molecular complexity index is 565. The maximum Gasteiger partial charge on any atom is 0.307 e. The minimum Gasteiger partial charge on any atom is -0.467 e. The summed E-state index contributed by atoms with van der Waals surface area (Å²) in [7, 11) is 0. The SMILES string of the molecule is CC1(C)C[C@]2(CCO1)OC(=O)C[C@H]2C(=O)NCc1ccco1. The quantitative estimate of drug-likeness (QED) is 0.861. The van der Waals surface area contributed by atoms with Gasteiger partial charge in [-0.05, 0) is 26.0 Å². The average Bonchev–Trinajstić information content (AvgIpc) is 3.03. The van der Waals surface area contributed by atoms with Crippen molar-refractivity contribution in [2.24, 2.45) is 5.92 Å². The predicted molar refractivity (Wildman–Crippen MR) is 76.7 cm³/mol. The van der Waals surface area contributed by atoms with Crippen LogP contribution >= 0.6 is 0 Å². The number of hydrogen-bond acceptors (Lipinski definition) is 5. The van der Waals surface area contributed by atoms with E-state index in [4.69, 9.17) is 13.9 Å². The van der Waals surface area contributed by atoms with Gasteiger partial charge in [-0.15, -0.1) is 0 Å². The lowest BCUT2D eigenvalue weighted by molar-refractivity contribution is -0.179. The van der Waals surface area contributed by atoms with Crippen molar-refractivity contribution < 1.29 is 23.5 Å². The Kier molecular flexibility index (Phi) is 3.72. The first-order chi connectivity index (χ1) is 10.4. The van der Waals surface area contributed by atoms with Gasteiger partial charge in [0.05, 0.1) is 37.4 Å². The van der Waals surface area contributed by atoms with Crippen LogP contribution in [-0.4, -0.2) is 29.7 Å². The predicted octanol–water partition coefficient (Wildman–Crippen LogP) is 1.79. The summed E-state index contributed by atoms with van der Waals surface area (Å²) in [6.45, 7) is 4.71. The molecule has 22 heavy (non-hydrogen) atoms. The van der Waals surface area contributed by atoms with E-state index in [-0.39, 0.29) is 18.3 Å². The lowest BCUT2D eigenvalue weighted by Gasteiger charge is -2.43. The topological polar surface area (TPSA) is 77.8 Å². The van der Waals surface area contributed by atoms with Gasteiger partial charge in [0.25, 0.3) is 0 Å². The molecule has 3 rings (SSSR count). The number of ether oxygens (including phenoxy) is 2. The van der Waals surface area contributed by atoms with Gasteiger partial charge in [-0.2, -0.15) is 0 Å². The van der Waals surface area contributed by atoms with Gasteiger partial charge in [-0.25, -0.2) is 0 Å². The molecule has 1 aromatic rings. The molecule has 1 spiro atoms. The molecule has 3 heterocycles. The monoisotopic (exact) mass is 307 g/mol. The third kappa shape index (κ3) is 2.88. The summed E-state index contributed by atoms with van der Waals surface area (Å²) in [5.41, 5.74) is -1.14. The third-order valence-corrected chi connectivity index (χ3v) is 4.40. The second-order valence-electron chi connectivity index (χ2n) is 6.63. The van der Waals surface area contributed by atoms with Gasteiger partial charge in [-0.3, -0.25) is 9.59 Å². The maximum absolute atomic E-state index is 12.5. The molecule has 2 aliphatic rings. The fraction of sp³-hybridized carbons (Fsp3) is 0.625. The highest BCUT2D eigenvalue weighted by atomic mass is 16.6. The zero-order valence-corrected chi connectivity index (χ0v) is 12.9. The molecule has 0 radical (unpaired) electrons. The van der Waals surface area contributed by atoms with Crippen LogP contribution in [0.1, 0.15) is 38.9 Å². The van der Waals surface area contributed by atoms with Crippen molar-refractivity contribution in [3.63, 3.8) is 0 Å². The minimum atomic E-state index is -0.744. The molecule has 2 aliphatic heterocycles. The van der Waals surface area contributed by atoms with E-state index >= 15 is 0 Å². The van der Waals surface area contributed by atoms with Crippen molar-refractivity contribution in [3.8, 4) is 0 Å². The molecule has 6 heteroatoms. The van der Waals surface area contributed by atoms with Crippen LogP contribution in [0, 0.1) is 5.92 Å². The van der Waals surface area contributed by atoms with E-state index in [2.05, 4.69) is 5.32 Å². The Balaban J connectivity index is 1.72. The summed E-state index contributed by atoms with van der Waals surface area (Å²) < 4.78 is 16.5. The average molecular weight is 307 g/mol. The van der Waals surface area contributed by atoms with E-state index in [1.165, 1.54) is 0 Å². The summed E-state index contributed by atoms with van der Waals surface area (Å²) in [6.07, 6.45) is 2.78. The maximum atomic E-state index is 12.5. The van der Waals surface area contributed by atoms with Crippen LogP contribution in [-0.2, 0) is 25.6 Å². The van der Waals surface area contributed by atoms with Gasteiger partial charge in [0.1, 0.15) is 11.4 Å². The van der Waals surface area contributed by atoms with Gasteiger partial charge >= 0.3 is 5.97 Å². The minimum absolute atomic E-state index is 0.125. The van der Waals surface area contributed by atoms with Crippen LogP contribution in [0.2, 0.25) is 0 Å². The Hall–Kier alpha value is -1.82. The van der Waals surface area contributed by atoms with Gasteiger partial charge in [0.15, 0.2) is 0 Å². The highest BCUT2D eigenvalue weighted by Crippen LogP contribution is 2.45. The molecular formula is C16H21NO5. The lowest BCUT2D eigenvalue weighted by atomic mass is 9.75. The highest BCUT2D eigenvalue weighted by Gasteiger charge is 2.56. The third-order valence-electron chi connectivity index (χ3n) is 4.40. The lowest BCUT2D eigenvalue weighted by Crippen LogP contribution is -2.52. The molecule has 2 saturated heterocycles. The standard InChI is InChI=1S/C16H21NO5/c1-15(2)10-16(5-7-21-15)12(8-13(18)22-16)14(19)17-9-11-4-3-6-20-11/h3-4,6,12H,5,7-10H2,1-2H3,(H,17,19)/t12-,16-/m0/s1. The molecule has 6 nitrogen and oxygen atoms in total. The van der Waals surface area contributed by atoms with Crippen LogP contribution in [0.5, 0.6) is 0 Å². The van der Waals surface area contributed by atoms with Crippen molar-refractivity contribution in [2.45, 2.75) is 50.9 Å². The number of nitrogens with one attached hydrogen (secondary N) is 1. The summed E-state index contributed by atoms with van der Waals surface area (Å²) >= 11 is 0. The second kappa shape index (κ2) is 5.43. The molecule has 0 bridgehead atoms. The number of furan rings is 1. The number of hydrogen-bond donors (Lipinski definition) is 1. The van der Waals surface area contributed by atoms with Crippen molar-refractivity contribution in [1.82, 2.24) is 5.32 Å². The molecule has 0 unspecified atom stereocenters. The van der Waals surface area contributed by atoms with Gasteiger partial charge in [0, 0.05) is 12.8 Å². The molecule has 120 valence electrons. The van der Waals surface area contributed by atoms with E-state index in [1.807, 2.05) is 13.8 Å². The number of esters is 1. The smallest absolute Gasteiger partial charge is 0.307 e. The van der Waals surface area contributed by atoms with E-state index in [9.17, 15) is 9.59 Å². The second-order valence-corrected chi connectivity index (χ2v) is 6.63. The Morgan fingerprint density at radius 2 is 2.27 bits per heavy atom. The first-order valence-electron chi connectivity index (χ1n) is 7.56. The summed E-state index contributed by atoms with van der Waals surface area (Å²) in [5, 5.41) is 2.84. The number of carbonyl (C=O) groups is 2. The Morgan fingerprint density at radius 3 is 2.95 bits per heavy atom. The summed E-state index contributed by atoms with van der Waals surface area (Å²) in [6, 6.07) is 3.57. The first kappa shape index (κ1) is 15.1. The highest BCUT2D eigenvalue weighted by molar-refractivity contribution is 5.87. The first-order valence-corrected chi connectivity index (χ1v) is 7.56. The molecule has 0 aromatic carbocycles. The van der Waals surface area contributed by atoms with Crippen LogP contribution in [0.15, 0.2) is 22.8 Å². The molecule has 1 aromatic heterocycles. The van der Waals surface area contributed by atoms with Crippen LogP contribution in [0.4, 0.5) is 0 Å². The summed E-state index contributed by atoms with van der Waals surface area (Å²) in [5.74, 6) is -0.270. The number of amides is 1. The van der Waals surface area contributed by atoms with Crippen molar-refractivity contribution in [2.75, 3.05) is 6.61 Å². The molecule has 1 amide bonds. The zero-order valence-electron chi connectivity index (χ0n) is 12.9. The van der Waals surface area contributed by atoms with E-state index in [1.54, 1.807) is 18.4 Å². The van der Waals surface area contributed by atoms with Gasteiger partial charge in [0.2, 0.25) is 5.91 Å². The zero-order chi connectivity index (χ0) is 15.8. The van der Waals surface area contributed by atoms with Crippen LogP contribution in [0.25, 0.3) is 0 Å². The molecule has 2 atom stereocenters. The fourth-order valence-corrected chi connectivity index (χ4v) is 3.48. The molecule has 1 N–H and O–H groups in total. The Morgan fingerprint density at radius 1 is 1.45 bits per heavy atom. The Labute approximate surface area is 129 Å². The summed E-state index contributed by atoms with van der Waals surface area (Å²) in [4.78, 5) is 24.4. The molecule has 0 saturated carbocycles. The number of carbonyl (C=O) groups excluding carboxylic acids is 2. The molecule has 0 aliphatic carbocycles. The van der Waals surface area contributed by atoms with Crippen molar-refractivity contribution in [1.29, 1.82) is 0 Å². The van der Waals surface area contributed by atoms with E-state index < -0.39 is 17.1 Å². The normalized spacial score (nSPS) is 30.3. The van der Waals surface area contributed by atoms with E-state index in [0.717, 1.165) is 0 Å². The largest absolute Gasteiger partial charge is 0.467 e. The molecule has 2 fully saturated rings. The van der Waals surface area contributed by atoms with E-state index in [0.29, 0.717) is 31.8 Å². The van der Waals surface area contributed by atoms with Gasteiger partial charge in [-0.1, -0.05) is 0 Å². The van der Waals surface area contributed by atoms with Crippen molar-refractivity contribution in [3.05, 3.63) is 24.2 Å². The van der Waals surface area contributed by atoms with Crippen LogP contribution < -0.4 is 5.32 Å².